The van der Waals surface area contributed by atoms with Crippen LogP contribution in [0.5, 0.6) is 0 Å². The lowest BCUT2D eigenvalue weighted by molar-refractivity contribution is -0.0980. The zero-order chi connectivity index (χ0) is 27.6. The molecule has 202 valence electrons. The molecule has 1 atom stereocenters. The standard InChI is InChI=1S/C24H27N3O2S2.C2H6.CH5N.CH2O/c1-25-21-13-17(9-10-23(21)31-22-8-3-2-6-18(22)16-28)12-20-14-26-24(30-20)27-11-5-4-7-19(29)15-27;3*1-2/h2-3,6,8-10,13-14,16,19,25,29H,4-5,7,11-12,15H2,1H3;1-2H3;2H2,1H3;1H2. The van der Waals surface area contributed by atoms with Crippen molar-refractivity contribution >= 4 is 47.0 Å². The summed E-state index contributed by atoms with van der Waals surface area (Å²) < 4.78 is 0. The Labute approximate surface area is 229 Å². The second-order valence-corrected chi connectivity index (χ2v) is 9.90. The van der Waals surface area contributed by atoms with Crippen LogP contribution in [0.1, 0.15) is 53.9 Å². The van der Waals surface area contributed by atoms with Crippen molar-refractivity contribution in [2.75, 3.05) is 37.4 Å². The van der Waals surface area contributed by atoms with Crippen LogP contribution >= 0.6 is 23.1 Å². The molecule has 1 aliphatic heterocycles. The first kappa shape index (κ1) is 32.3. The minimum Gasteiger partial charge on any atom is -0.391 e. The first-order valence-electron chi connectivity index (χ1n) is 12.4. The highest BCUT2D eigenvalue weighted by molar-refractivity contribution is 7.99. The van der Waals surface area contributed by atoms with Crippen LogP contribution < -0.4 is 16.0 Å². The number of aliphatic hydroxyl groups is 1. The Morgan fingerprint density at radius 1 is 1.19 bits per heavy atom. The Kier molecular flexibility index (Phi) is 16.2. The van der Waals surface area contributed by atoms with E-state index < -0.39 is 0 Å². The molecule has 1 aromatic heterocycles. The number of nitrogens with one attached hydrogen (secondary N) is 1. The Balaban J connectivity index is 0.00000106. The van der Waals surface area contributed by atoms with E-state index in [-0.39, 0.29) is 6.10 Å². The van der Waals surface area contributed by atoms with Crippen LogP contribution in [0, 0.1) is 0 Å². The number of aldehydes is 1. The lowest BCUT2D eigenvalue weighted by Gasteiger charge is -2.20. The first-order valence-corrected chi connectivity index (χ1v) is 14.1. The summed E-state index contributed by atoms with van der Waals surface area (Å²) in [4.78, 5) is 29.4. The van der Waals surface area contributed by atoms with E-state index in [2.05, 4.69) is 39.1 Å². The first-order chi connectivity index (χ1) is 18.2. The topological polar surface area (TPSA) is 109 Å². The number of anilines is 2. The molecule has 0 saturated carbocycles. The molecule has 1 saturated heterocycles. The van der Waals surface area contributed by atoms with Gasteiger partial charge < -0.3 is 25.9 Å². The lowest BCUT2D eigenvalue weighted by Crippen LogP contribution is -2.30. The minimum atomic E-state index is -0.262. The van der Waals surface area contributed by atoms with E-state index in [9.17, 15) is 9.90 Å². The van der Waals surface area contributed by atoms with E-state index in [1.807, 2.05) is 58.1 Å². The van der Waals surface area contributed by atoms with Crippen molar-refractivity contribution in [1.29, 1.82) is 0 Å². The van der Waals surface area contributed by atoms with Gasteiger partial charge in [-0.05, 0) is 50.1 Å². The van der Waals surface area contributed by atoms with Crippen molar-refractivity contribution in [2.24, 2.45) is 5.73 Å². The molecule has 2 aromatic carbocycles. The van der Waals surface area contributed by atoms with Crippen molar-refractivity contribution in [2.45, 2.75) is 55.4 Å². The molecule has 0 radical (unpaired) electrons. The monoisotopic (exact) mass is 544 g/mol. The molecule has 3 aromatic rings. The molecule has 7 nitrogen and oxygen atoms in total. The van der Waals surface area contributed by atoms with Gasteiger partial charge in [-0.25, -0.2) is 4.98 Å². The fourth-order valence-electron chi connectivity index (χ4n) is 3.78. The maximum Gasteiger partial charge on any atom is 0.185 e. The van der Waals surface area contributed by atoms with Crippen LogP contribution in [-0.4, -0.2) is 56.5 Å². The highest BCUT2D eigenvalue weighted by Crippen LogP contribution is 2.36. The molecule has 9 heteroatoms. The molecule has 0 aliphatic carbocycles. The number of thiazole rings is 1. The molecule has 0 amide bonds. The van der Waals surface area contributed by atoms with Gasteiger partial charge in [0.25, 0.3) is 0 Å². The number of hydrogen-bond acceptors (Lipinski definition) is 9. The maximum absolute atomic E-state index is 11.3. The number of nitrogens with zero attached hydrogens (tertiary/aromatic N) is 2. The molecule has 1 fully saturated rings. The van der Waals surface area contributed by atoms with Gasteiger partial charge in [0.2, 0.25) is 0 Å². The fourth-order valence-corrected chi connectivity index (χ4v) is 5.78. The van der Waals surface area contributed by atoms with E-state index in [0.29, 0.717) is 12.1 Å². The summed E-state index contributed by atoms with van der Waals surface area (Å²) in [5, 5.41) is 14.4. The molecule has 37 heavy (non-hydrogen) atoms. The van der Waals surface area contributed by atoms with Crippen LogP contribution in [0.3, 0.4) is 0 Å². The van der Waals surface area contributed by atoms with Gasteiger partial charge in [0, 0.05) is 58.7 Å². The summed E-state index contributed by atoms with van der Waals surface area (Å²) in [6.45, 7) is 7.63. The van der Waals surface area contributed by atoms with Crippen LogP contribution in [0.25, 0.3) is 0 Å². The lowest BCUT2D eigenvalue weighted by atomic mass is 10.1. The van der Waals surface area contributed by atoms with Gasteiger partial charge in [-0.1, -0.05) is 49.9 Å². The van der Waals surface area contributed by atoms with Gasteiger partial charge in [0.15, 0.2) is 11.4 Å². The normalized spacial score (nSPS) is 14.4. The molecular formula is C28H40N4O3S2. The number of β-amino-alcohol motifs (C(OH)–C–C–N with tert-alkyl or cyclic N) is 1. The zero-order valence-electron chi connectivity index (χ0n) is 22.3. The van der Waals surface area contributed by atoms with Crippen molar-refractivity contribution in [3.63, 3.8) is 0 Å². The summed E-state index contributed by atoms with van der Waals surface area (Å²) in [5.74, 6) is 0. The molecule has 4 N–H and O–H groups in total. The summed E-state index contributed by atoms with van der Waals surface area (Å²) in [7, 11) is 3.42. The molecule has 1 aliphatic rings. The van der Waals surface area contributed by atoms with E-state index in [1.165, 1.54) is 17.5 Å². The quantitative estimate of drug-likeness (QED) is 0.334. The van der Waals surface area contributed by atoms with Gasteiger partial charge in [0.1, 0.15) is 6.79 Å². The molecule has 0 bridgehead atoms. The Morgan fingerprint density at radius 3 is 2.62 bits per heavy atom. The third-order valence-electron chi connectivity index (χ3n) is 5.42. The molecule has 4 rings (SSSR count). The number of rotatable bonds is 7. The summed E-state index contributed by atoms with van der Waals surface area (Å²) in [5.41, 5.74) is 7.46. The minimum absolute atomic E-state index is 0.262. The number of aliphatic hydroxyl groups excluding tert-OH is 1. The van der Waals surface area contributed by atoms with Gasteiger partial charge in [0.05, 0.1) is 6.10 Å². The van der Waals surface area contributed by atoms with Crippen LogP contribution in [0.4, 0.5) is 10.8 Å². The zero-order valence-corrected chi connectivity index (χ0v) is 23.9. The third kappa shape index (κ3) is 9.92. The van der Waals surface area contributed by atoms with Gasteiger partial charge in [-0.3, -0.25) is 4.79 Å². The van der Waals surface area contributed by atoms with Gasteiger partial charge in [-0.2, -0.15) is 0 Å². The Hall–Kier alpha value is -2.72. The maximum atomic E-state index is 11.3. The van der Waals surface area contributed by atoms with Crippen LogP contribution in [0.2, 0.25) is 0 Å². The number of benzene rings is 2. The van der Waals surface area contributed by atoms with E-state index in [4.69, 9.17) is 4.79 Å². The van der Waals surface area contributed by atoms with Crippen molar-refractivity contribution < 1.29 is 14.7 Å². The van der Waals surface area contributed by atoms with E-state index in [1.54, 1.807) is 23.1 Å². The van der Waals surface area contributed by atoms with Crippen LogP contribution in [-0.2, 0) is 11.2 Å². The fraction of sp³-hybridized carbons (Fsp3) is 0.393. The van der Waals surface area contributed by atoms with E-state index in [0.717, 1.165) is 59.1 Å². The molecular weight excluding hydrogens is 504 g/mol. The number of nitrogens with two attached hydrogens (primary N) is 1. The number of carbonyl (C=O) groups excluding carboxylic acids is 2. The summed E-state index contributed by atoms with van der Waals surface area (Å²) in [6.07, 6.45) is 6.47. The van der Waals surface area contributed by atoms with Crippen molar-refractivity contribution in [1.82, 2.24) is 4.98 Å². The molecule has 2 heterocycles. The number of hydrogen-bond donors (Lipinski definition) is 3. The van der Waals surface area contributed by atoms with Crippen molar-refractivity contribution in [3.05, 3.63) is 64.7 Å². The Morgan fingerprint density at radius 2 is 1.92 bits per heavy atom. The average Bonchev–Trinajstić information content (AvgIpc) is 3.32. The predicted octanol–water partition coefficient (Wildman–Crippen LogP) is 5.51. The average molecular weight is 545 g/mol. The molecule has 1 unspecified atom stereocenters. The van der Waals surface area contributed by atoms with Gasteiger partial charge in [-0.15, -0.1) is 11.3 Å². The second kappa shape index (κ2) is 18.5. The smallest absolute Gasteiger partial charge is 0.185 e. The number of carbonyl (C=O) groups is 2. The Bertz CT molecular complexity index is 1060. The highest BCUT2D eigenvalue weighted by atomic mass is 32.2. The van der Waals surface area contributed by atoms with Crippen molar-refractivity contribution in [3.8, 4) is 0 Å². The van der Waals surface area contributed by atoms with Crippen LogP contribution in [0.15, 0.2) is 58.5 Å². The predicted molar refractivity (Wildman–Crippen MR) is 158 cm³/mol. The third-order valence-corrected chi connectivity index (χ3v) is 7.64. The van der Waals surface area contributed by atoms with E-state index >= 15 is 0 Å². The largest absolute Gasteiger partial charge is 0.391 e. The number of aromatic nitrogens is 1. The summed E-state index contributed by atoms with van der Waals surface area (Å²) >= 11 is 3.31. The summed E-state index contributed by atoms with van der Waals surface area (Å²) in [6, 6.07) is 14.1. The highest BCUT2D eigenvalue weighted by Gasteiger charge is 2.19. The van der Waals surface area contributed by atoms with Gasteiger partial charge >= 0.3 is 0 Å². The second-order valence-electron chi connectivity index (χ2n) is 7.72. The molecule has 0 spiro atoms. The SMILES string of the molecule is C=O.CC.CN.CNc1cc(Cc2cnc(N3CCCCC(O)C3)s2)ccc1Sc1ccccc1C=O.